The quantitative estimate of drug-likeness (QED) is 0.195. The lowest BCUT2D eigenvalue weighted by Crippen LogP contribution is -2.45. The van der Waals surface area contributed by atoms with Crippen LogP contribution in [-0.4, -0.2) is 64.3 Å². The first kappa shape index (κ1) is 26.9. The van der Waals surface area contributed by atoms with E-state index in [0.717, 1.165) is 43.5 Å². The smallest absolute Gasteiger partial charge is 0.357 e. The number of sulfonamides is 1. The Labute approximate surface area is 193 Å². The molecule has 1 heterocycles. The number of halogens is 4. The van der Waals surface area contributed by atoms with Crippen LogP contribution < -0.4 is 15.4 Å². The zero-order valence-electron chi connectivity index (χ0n) is 17.0. The van der Waals surface area contributed by atoms with Crippen LogP contribution >= 0.6 is 24.0 Å². The number of guanidine groups is 1. The summed E-state index contributed by atoms with van der Waals surface area (Å²) >= 11 is 0. The Bertz CT molecular complexity index is 788. The zero-order chi connectivity index (χ0) is 21.5. The van der Waals surface area contributed by atoms with Gasteiger partial charge in [-0.3, -0.25) is 9.89 Å². The first-order valence-electron chi connectivity index (χ1n) is 9.45. The van der Waals surface area contributed by atoms with Gasteiger partial charge in [-0.1, -0.05) is 12.1 Å². The Morgan fingerprint density at radius 2 is 1.93 bits per heavy atom. The molecule has 3 N–H and O–H groups in total. The molecule has 1 saturated heterocycles. The van der Waals surface area contributed by atoms with E-state index in [1.807, 2.05) is 6.92 Å². The van der Waals surface area contributed by atoms with Crippen LogP contribution in [0.5, 0.6) is 0 Å². The lowest BCUT2D eigenvalue weighted by atomic mass is 10.1. The number of aliphatic imine (C=N–C) groups is 1. The molecule has 1 atom stereocenters. The van der Waals surface area contributed by atoms with E-state index in [4.69, 9.17) is 0 Å². The second-order valence-electron chi connectivity index (χ2n) is 6.99. The molecule has 1 aromatic rings. The third-order valence-electron chi connectivity index (χ3n) is 4.39. The van der Waals surface area contributed by atoms with Crippen LogP contribution in [0.4, 0.5) is 13.2 Å². The Balaban J connectivity index is 0.00000450. The largest absolute Gasteiger partial charge is 0.416 e. The molecular formula is C18H29F3IN5O2S. The minimum Gasteiger partial charge on any atom is -0.357 e. The van der Waals surface area contributed by atoms with E-state index in [9.17, 15) is 21.6 Å². The monoisotopic (exact) mass is 563 g/mol. The van der Waals surface area contributed by atoms with Crippen LogP contribution in [0.2, 0.25) is 0 Å². The van der Waals surface area contributed by atoms with E-state index in [2.05, 4.69) is 25.2 Å². The van der Waals surface area contributed by atoms with E-state index in [0.29, 0.717) is 25.6 Å². The zero-order valence-corrected chi connectivity index (χ0v) is 20.1. The highest BCUT2D eigenvalue weighted by molar-refractivity contribution is 14.0. The number of hydrogen-bond acceptors (Lipinski definition) is 4. The molecule has 7 nitrogen and oxygen atoms in total. The number of nitrogens with zero attached hydrogens (tertiary/aromatic N) is 2. The summed E-state index contributed by atoms with van der Waals surface area (Å²) in [5.74, 6) is 0.615. The van der Waals surface area contributed by atoms with Gasteiger partial charge < -0.3 is 10.6 Å². The molecule has 1 fully saturated rings. The van der Waals surface area contributed by atoms with Crippen LogP contribution in [0.3, 0.4) is 0 Å². The van der Waals surface area contributed by atoms with Gasteiger partial charge in [-0.25, -0.2) is 13.1 Å². The summed E-state index contributed by atoms with van der Waals surface area (Å²) in [6, 6.07) is 5.42. The predicted octanol–water partition coefficient (Wildman–Crippen LogP) is 2.00. The van der Waals surface area contributed by atoms with Crippen molar-refractivity contribution in [3.8, 4) is 0 Å². The molecular weight excluding hydrogens is 534 g/mol. The van der Waals surface area contributed by atoms with Crippen LogP contribution in [0.1, 0.15) is 24.5 Å². The Morgan fingerprint density at radius 3 is 2.50 bits per heavy atom. The number of hydrogen-bond donors (Lipinski definition) is 3. The lowest BCUT2D eigenvalue weighted by molar-refractivity contribution is -0.137. The first-order chi connectivity index (χ1) is 13.6. The van der Waals surface area contributed by atoms with E-state index >= 15 is 0 Å². The first-order valence-corrected chi connectivity index (χ1v) is 11.3. The van der Waals surface area contributed by atoms with Gasteiger partial charge in [0.25, 0.3) is 0 Å². The maximum Gasteiger partial charge on any atom is 0.416 e. The Morgan fingerprint density at radius 1 is 1.27 bits per heavy atom. The number of nitrogens with one attached hydrogen (secondary N) is 3. The molecule has 2 rings (SSSR count). The number of likely N-dealkylation sites (tertiary alicyclic amines) is 1. The van der Waals surface area contributed by atoms with Crippen LogP contribution in [0.25, 0.3) is 0 Å². The standard InChI is InChI=1S/C18H28F3N5O2S.HI/c1-3-22-17(23-9-10-24-29(2,27)28)25-16-8-11-26(13-16)12-14-4-6-15(7-5-14)18(19,20)21;/h4-7,16,24H,3,8-13H2,1-2H3,(H2,22,23,25);1H. The summed E-state index contributed by atoms with van der Waals surface area (Å²) in [6.07, 6.45) is -2.34. The molecule has 0 saturated carbocycles. The van der Waals surface area contributed by atoms with E-state index in [1.54, 1.807) is 0 Å². The van der Waals surface area contributed by atoms with E-state index in [-0.39, 0.29) is 36.6 Å². The van der Waals surface area contributed by atoms with Gasteiger partial charge in [-0.15, -0.1) is 24.0 Å². The molecule has 1 unspecified atom stereocenters. The van der Waals surface area contributed by atoms with E-state index < -0.39 is 21.8 Å². The van der Waals surface area contributed by atoms with Crippen molar-refractivity contribution in [2.24, 2.45) is 4.99 Å². The fourth-order valence-corrected chi connectivity index (χ4v) is 3.53. The summed E-state index contributed by atoms with van der Waals surface area (Å²) in [5, 5.41) is 6.46. The molecule has 1 aliphatic heterocycles. The van der Waals surface area contributed by atoms with Crippen molar-refractivity contribution in [1.82, 2.24) is 20.3 Å². The van der Waals surface area contributed by atoms with Gasteiger partial charge in [0, 0.05) is 38.8 Å². The number of rotatable bonds is 8. The van der Waals surface area contributed by atoms with Crippen molar-refractivity contribution in [3.05, 3.63) is 35.4 Å². The maximum absolute atomic E-state index is 12.7. The molecule has 0 aliphatic carbocycles. The second-order valence-corrected chi connectivity index (χ2v) is 8.82. The second kappa shape index (κ2) is 12.1. The molecule has 12 heteroatoms. The van der Waals surface area contributed by atoms with Crippen molar-refractivity contribution >= 4 is 40.0 Å². The van der Waals surface area contributed by atoms with Crippen LogP contribution in [0.15, 0.2) is 29.3 Å². The minimum atomic E-state index is -4.32. The molecule has 0 amide bonds. The van der Waals surface area contributed by atoms with Gasteiger partial charge in [0.15, 0.2) is 5.96 Å². The molecule has 1 aliphatic rings. The summed E-state index contributed by atoms with van der Waals surface area (Å²) in [6.45, 7) is 5.30. The summed E-state index contributed by atoms with van der Waals surface area (Å²) < 4.78 is 62.5. The van der Waals surface area contributed by atoms with Gasteiger partial charge in [0.05, 0.1) is 18.4 Å². The molecule has 0 spiro atoms. The molecule has 0 aromatic heterocycles. The normalized spacial score (nSPS) is 18.2. The average molecular weight is 563 g/mol. The molecule has 172 valence electrons. The van der Waals surface area contributed by atoms with Crippen LogP contribution in [-0.2, 0) is 22.7 Å². The highest BCUT2D eigenvalue weighted by Gasteiger charge is 2.30. The van der Waals surface area contributed by atoms with Crippen LogP contribution in [0, 0.1) is 0 Å². The van der Waals surface area contributed by atoms with Gasteiger partial charge in [0.1, 0.15) is 0 Å². The molecule has 30 heavy (non-hydrogen) atoms. The fraction of sp³-hybridized carbons (Fsp3) is 0.611. The van der Waals surface area contributed by atoms with Crippen molar-refractivity contribution < 1.29 is 21.6 Å². The van der Waals surface area contributed by atoms with Crippen molar-refractivity contribution in [3.63, 3.8) is 0 Å². The third kappa shape index (κ3) is 9.79. The van der Waals surface area contributed by atoms with Crippen molar-refractivity contribution in [1.29, 1.82) is 0 Å². The minimum absolute atomic E-state index is 0. The highest BCUT2D eigenvalue weighted by atomic mass is 127. The molecule has 1 aromatic carbocycles. The summed E-state index contributed by atoms with van der Waals surface area (Å²) in [7, 11) is -3.23. The van der Waals surface area contributed by atoms with Gasteiger partial charge >= 0.3 is 6.18 Å². The fourth-order valence-electron chi connectivity index (χ4n) is 3.06. The van der Waals surface area contributed by atoms with E-state index in [1.165, 1.54) is 12.1 Å². The summed E-state index contributed by atoms with van der Waals surface area (Å²) in [4.78, 5) is 6.54. The third-order valence-corrected chi connectivity index (χ3v) is 5.12. The highest BCUT2D eigenvalue weighted by Crippen LogP contribution is 2.29. The van der Waals surface area contributed by atoms with Gasteiger partial charge in [-0.2, -0.15) is 13.2 Å². The lowest BCUT2D eigenvalue weighted by Gasteiger charge is -2.19. The average Bonchev–Trinajstić information content (AvgIpc) is 3.04. The maximum atomic E-state index is 12.7. The topological polar surface area (TPSA) is 85.8 Å². The Kier molecular flexibility index (Phi) is 10.8. The Hall–Kier alpha value is -1.12. The van der Waals surface area contributed by atoms with Gasteiger partial charge in [0.2, 0.25) is 10.0 Å². The molecule has 0 radical (unpaired) electrons. The number of benzene rings is 1. The SMILES string of the molecule is CCNC(=NCCNS(C)(=O)=O)NC1CCN(Cc2ccc(C(F)(F)F)cc2)C1.I. The van der Waals surface area contributed by atoms with Crippen molar-refractivity contribution in [2.75, 3.05) is 39.0 Å². The van der Waals surface area contributed by atoms with Gasteiger partial charge in [-0.05, 0) is 31.0 Å². The summed E-state index contributed by atoms with van der Waals surface area (Å²) in [5.41, 5.74) is 0.199. The molecule has 0 bridgehead atoms. The predicted molar refractivity (Wildman–Crippen MR) is 123 cm³/mol. The number of alkyl halides is 3. The van der Waals surface area contributed by atoms with Crippen molar-refractivity contribution in [2.45, 2.75) is 32.1 Å².